The highest BCUT2D eigenvalue weighted by molar-refractivity contribution is 9.10. The van der Waals surface area contributed by atoms with E-state index in [4.69, 9.17) is 4.74 Å². The van der Waals surface area contributed by atoms with E-state index >= 15 is 0 Å². The molecule has 25 heavy (non-hydrogen) atoms. The summed E-state index contributed by atoms with van der Waals surface area (Å²) in [6, 6.07) is 11.6. The molecule has 1 fully saturated rings. The number of pyridine rings is 1. The van der Waals surface area contributed by atoms with Gasteiger partial charge in [-0.05, 0) is 34.3 Å². The van der Waals surface area contributed by atoms with Gasteiger partial charge in [-0.1, -0.05) is 49.6 Å². The molecule has 0 unspecified atom stereocenters. The Morgan fingerprint density at radius 3 is 2.48 bits per heavy atom. The van der Waals surface area contributed by atoms with Gasteiger partial charge in [0.15, 0.2) is 0 Å². The van der Waals surface area contributed by atoms with Crippen LogP contribution in [0.2, 0.25) is 0 Å². The molecule has 0 aliphatic heterocycles. The lowest BCUT2D eigenvalue weighted by atomic mass is 9.98. The Balaban J connectivity index is 0.000000186. The van der Waals surface area contributed by atoms with Gasteiger partial charge in [-0.15, -0.1) is 0 Å². The molecule has 1 aliphatic carbocycles. The highest BCUT2D eigenvalue weighted by Crippen LogP contribution is 2.21. The van der Waals surface area contributed by atoms with E-state index in [1.807, 2.05) is 6.07 Å². The number of aromatic nitrogens is 1. The van der Waals surface area contributed by atoms with E-state index in [-0.39, 0.29) is 0 Å². The lowest BCUT2D eigenvalue weighted by Gasteiger charge is -2.21. The molecule has 134 valence electrons. The summed E-state index contributed by atoms with van der Waals surface area (Å²) in [4.78, 5) is 22.3. The lowest BCUT2D eigenvalue weighted by molar-refractivity contribution is -0.386. The van der Waals surface area contributed by atoms with Crippen molar-refractivity contribution in [1.29, 1.82) is 0 Å². The van der Waals surface area contributed by atoms with Crippen LogP contribution in [-0.2, 0) is 11.3 Å². The Hall–Kier alpha value is -1.99. The lowest BCUT2D eigenvalue weighted by Crippen LogP contribution is -2.16. The summed E-state index contributed by atoms with van der Waals surface area (Å²) in [7, 11) is 0. The molecule has 1 aliphatic rings. The second kappa shape index (κ2) is 10.1. The molecule has 1 heterocycles. The molecular formula is C18H21BrN2O4. The van der Waals surface area contributed by atoms with E-state index in [1.54, 1.807) is 0 Å². The maximum absolute atomic E-state index is 10.7. The fourth-order valence-electron chi connectivity index (χ4n) is 2.60. The number of hydrogen-bond acceptors (Lipinski definition) is 4. The average molecular weight is 409 g/mol. The number of nitrogens with zero attached hydrogens (tertiary/aromatic N) is 1. The van der Waals surface area contributed by atoms with Gasteiger partial charge in [0.05, 0.1) is 17.6 Å². The molecule has 0 amide bonds. The zero-order valence-corrected chi connectivity index (χ0v) is 15.4. The smallest absolute Gasteiger partial charge is 0.334 e. The van der Waals surface area contributed by atoms with Crippen LogP contribution in [0.4, 0.5) is 5.69 Å². The Kier molecular flexibility index (Phi) is 7.81. The van der Waals surface area contributed by atoms with Crippen molar-refractivity contribution in [2.45, 2.75) is 44.8 Å². The SMILES string of the molecule is O=c1[nH]cc(Br)cc1[N+](=O)[O-].c1ccc(COC2CCCCC2)cc1. The predicted molar refractivity (Wildman–Crippen MR) is 99.5 cm³/mol. The number of nitrogens with one attached hydrogen (secondary N) is 1. The van der Waals surface area contributed by atoms with Gasteiger partial charge in [0.2, 0.25) is 0 Å². The van der Waals surface area contributed by atoms with Crippen LogP contribution in [0, 0.1) is 10.1 Å². The fraction of sp³-hybridized carbons (Fsp3) is 0.389. The second-order valence-electron chi connectivity index (χ2n) is 5.85. The van der Waals surface area contributed by atoms with Crippen LogP contribution in [-0.4, -0.2) is 16.0 Å². The highest BCUT2D eigenvalue weighted by atomic mass is 79.9. The monoisotopic (exact) mass is 408 g/mol. The largest absolute Gasteiger partial charge is 0.374 e. The third-order valence-electron chi connectivity index (χ3n) is 3.93. The standard InChI is InChI=1S/C13H18O.C5H3BrN2O3/c1-3-7-12(8-4-1)11-14-13-9-5-2-6-10-13;6-3-1-4(8(10)11)5(9)7-2-3/h1,3-4,7-8,13H,2,5-6,9-11H2;1-2H,(H,7,9). The third kappa shape index (κ3) is 6.80. The van der Waals surface area contributed by atoms with Crippen molar-refractivity contribution < 1.29 is 9.66 Å². The predicted octanol–water partition coefficient (Wildman–Crippen LogP) is 4.58. The molecule has 0 saturated heterocycles. The number of aromatic amines is 1. The van der Waals surface area contributed by atoms with Crippen molar-refractivity contribution in [3.05, 3.63) is 73.1 Å². The Bertz CT molecular complexity index is 727. The second-order valence-corrected chi connectivity index (χ2v) is 6.76. The van der Waals surface area contributed by atoms with Gasteiger partial charge < -0.3 is 9.72 Å². The van der Waals surface area contributed by atoms with Crippen molar-refractivity contribution in [3.63, 3.8) is 0 Å². The van der Waals surface area contributed by atoms with E-state index in [0.717, 1.165) is 12.7 Å². The van der Waals surface area contributed by atoms with E-state index in [1.165, 1.54) is 43.9 Å². The van der Waals surface area contributed by atoms with Gasteiger partial charge in [-0.3, -0.25) is 14.9 Å². The Labute approximate surface area is 154 Å². The molecular weight excluding hydrogens is 388 g/mol. The minimum atomic E-state index is -0.733. The van der Waals surface area contributed by atoms with Gasteiger partial charge in [0.25, 0.3) is 0 Å². The number of halogens is 1. The first-order valence-corrected chi connectivity index (χ1v) is 9.03. The van der Waals surface area contributed by atoms with Crippen molar-refractivity contribution >= 4 is 21.6 Å². The molecule has 1 aromatic carbocycles. The first-order valence-electron chi connectivity index (χ1n) is 8.24. The van der Waals surface area contributed by atoms with Crippen LogP contribution in [0.1, 0.15) is 37.7 Å². The van der Waals surface area contributed by atoms with Crippen LogP contribution in [0.5, 0.6) is 0 Å². The summed E-state index contributed by atoms with van der Waals surface area (Å²) >= 11 is 2.99. The molecule has 0 atom stereocenters. The summed E-state index contributed by atoms with van der Waals surface area (Å²) < 4.78 is 6.34. The summed E-state index contributed by atoms with van der Waals surface area (Å²) in [5.74, 6) is 0. The van der Waals surface area contributed by atoms with Gasteiger partial charge >= 0.3 is 11.2 Å². The Morgan fingerprint density at radius 1 is 1.20 bits per heavy atom. The van der Waals surface area contributed by atoms with Gasteiger partial charge in [0, 0.05) is 16.7 Å². The molecule has 1 saturated carbocycles. The summed E-state index contributed by atoms with van der Waals surface area (Å²) in [6.45, 7) is 0.783. The zero-order chi connectivity index (χ0) is 18.1. The first-order chi connectivity index (χ1) is 12.1. The molecule has 7 heteroatoms. The summed E-state index contributed by atoms with van der Waals surface area (Å²) in [6.07, 6.45) is 8.46. The molecule has 0 spiro atoms. The van der Waals surface area contributed by atoms with Crippen molar-refractivity contribution in [2.24, 2.45) is 0 Å². The number of ether oxygens (including phenoxy) is 1. The minimum absolute atomic E-state index is 0.459. The number of H-pyrrole nitrogens is 1. The average Bonchev–Trinajstić information content (AvgIpc) is 2.64. The van der Waals surface area contributed by atoms with Crippen LogP contribution >= 0.6 is 15.9 Å². The molecule has 2 aromatic rings. The van der Waals surface area contributed by atoms with Crippen LogP contribution in [0.3, 0.4) is 0 Å². The molecule has 1 aromatic heterocycles. The quantitative estimate of drug-likeness (QED) is 0.592. The number of hydrogen-bond donors (Lipinski definition) is 1. The number of benzene rings is 1. The molecule has 0 bridgehead atoms. The van der Waals surface area contributed by atoms with E-state index in [2.05, 4.69) is 45.2 Å². The van der Waals surface area contributed by atoms with Crippen LogP contribution < -0.4 is 5.56 Å². The number of nitro groups is 1. The topological polar surface area (TPSA) is 85.2 Å². The summed E-state index contributed by atoms with van der Waals surface area (Å²) in [5.41, 5.74) is 0.135. The van der Waals surface area contributed by atoms with Crippen molar-refractivity contribution in [1.82, 2.24) is 4.98 Å². The van der Waals surface area contributed by atoms with Gasteiger partial charge in [-0.2, -0.15) is 0 Å². The van der Waals surface area contributed by atoms with E-state index in [9.17, 15) is 14.9 Å². The minimum Gasteiger partial charge on any atom is -0.374 e. The summed E-state index contributed by atoms with van der Waals surface area (Å²) in [5, 5.41) is 10.1. The number of rotatable bonds is 4. The third-order valence-corrected chi connectivity index (χ3v) is 4.38. The maximum atomic E-state index is 10.7. The zero-order valence-electron chi connectivity index (χ0n) is 13.8. The van der Waals surface area contributed by atoms with E-state index < -0.39 is 16.2 Å². The highest BCUT2D eigenvalue weighted by Gasteiger charge is 2.13. The fourth-order valence-corrected chi connectivity index (χ4v) is 2.93. The van der Waals surface area contributed by atoms with Crippen LogP contribution in [0.15, 0.2) is 51.9 Å². The molecule has 3 rings (SSSR count). The van der Waals surface area contributed by atoms with Crippen molar-refractivity contribution in [2.75, 3.05) is 0 Å². The molecule has 0 radical (unpaired) electrons. The maximum Gasteiger partial charge on any atom is 0.334 e. The molecule has 6 nitrogen and oxygen atoms in total. The first kappa shape index (κ1) is 19.3. The normalized spacial score (nSPS) is 14.4. The van der Waals surface area contributed by atoms with Crippen molar-refractivity contribution in [3.8, 4) is 0 Å². The van der Waals surface area contributed by atoms with Gasteiger partial charge in [-0.25, -0.2) is 0 Å². The van der Waals surface area contributed by atoms with E-state index in [0.29, 0.717) is 10.6 Å². The Morgan fingerprint density at radius 2 is 1.88 bits per heavy atom. The molecule has 1 N–H and O–H groups in total. The van der Waals surface area contributed by atoms with Gasteiger partial charge in [0.1, 0.15) is 0 Å². The van der Waals surface area contributed by atoms with Crippen LogP contribution in [0.25, 0.3) is 0 Å².